The number of anilines is 1. The Kier molecular flexibility index (Phi) is 7.25. The number of rotatable bonds is 9. The van der Waals surface area contributed by atoms with Crippen molar-refractivity contribution in [2.75, 3.05) is 26.0 Å². The van der Waals surface area contributed by atoms with E-state index < -0.39 is 0 Å². The van der Waals surface area contributed by atoms with Gasteiger partial charge in [0.15, 0.2) is 0 Å². The number of nitrogens with zero attached hydrogens (tertiary/aromatic N) is 2. The molecule has 1 aromatic heterocycles. The van der Waals surface area contributed by atoms with E-state index in [2.05, 4.69) is 22.1 Å². The van der Waals surface area contributed by atoms with Crippen LogP contribution in [0.5, 0.6) is 0 Å². The van der Waals surface area contributed by atoms with Crippen molar-refractivity contribution in [2.24, 2.45) is 0 Å². The highest BCUT2D eigenvalue weighted by molar-refractivity contribution is 5.84. The summed E-state index contributed by atoms with van der Waals surface area (Å²) in [6.07, 6.45) is 8.25. The van der Waals surface area contributed by atoms with Gasteiger partial charge in [0.1, 0.15) is 5.82 Å². The lowest BCUT2D eigenvalue weighted by atomic mass is 9.96. The molecule has 1 aliphatic rings. The lowest BCUT2D eigenvalue weighted by molar-refractivity contribution is 0.385. The number of hydrogen-bond acceptors (Lipinski definition) is 5. The summed E-state index contributed by atoms with van der Waals surface area (Å²) in [4.78, 5) is 14.4. The molecule has 0 bridgehead atoms. The fourth-order valence-corrected chi connectivity index (χ4v) is 3.29. The van der Waals surface area contributed by atoms with Gasteiger partial charge in [0.05, 0.1) is 5.82 Å². The van der Waals surface area contributed by atoms with Gasteiger partial charge in [-0.15, -0.1) is 0 Å². The van der Waals surface area contributed by atoms with Gasteiger partial charge < -0.3 is 20.9 Å². The zero-order valence-electron chi connectivity index (χ0n) is 15.5. The molecule has 3 N–H and O–H groups in total. The van der Waals surface area contributed by atoms with Crippen LogP contribution in [0, 0.1) is 5.41 Å². The van der Waals surface area contributed by atoms with Crippen LogP contribution in [0.1, 0.15) is 44.1 Å². The molecule has 0 unspecified atom stereocenters. The molecule has 0 aromatic carbocycles. The van der Waals surface area contributed by atoms with Crippen LogP contribution in [-0.4, -0.2) is 42.4 Å². The van der Waals surface area contributed by atoms with Crippen LogP contribution >= 0.6 is 0 Å². The zero-order chi connectivity index (χ0) is 18.2. The molecule has 0 aliphatic heterocycles. The third kappa shape index (κ3) is 5.74. The molecular formula is C19H31N5O. The second kappa shape index (κ2) is 9.42. The second-order valence-corrected chi connectivity index (χ2v) is 7.01. The first-order valence-corrected chi connectivity index (χ1v) is 9.12. The Morgan fingerprint density at radius 3 is 2.72 bits per heavy atom. The zero-order valence-corrected chi connectivity index (χ0v) is 15.5. The summed E-state index contributed by atoms with van der Waals surface area (Å²) in [6, 6.07) is 3.65. The molecule has 0 saturated heterocycles. The molecule has 0 spiro atoms. The molecule has 0 amide bonds. The van der Waals surface area contributed by atoms with Gasteiger partial charge in [-0.1, -0.05) is 25.8 Å². The lowest BCUT2D eigenvalue weighted by Crippen LogP contribution is -2.34. The fraction of sp³-hybridized carbons (Fsp3) is 0.579. The smallest absolute Gasteiger partial charge is 0.252 e. The van der Waals surface area contributed by atoms with E-state index >= 15 is 0 Å². The molecular weight excluding hydrogens is 314 g/mol. The summed E-state index contributed by atoms with van der Waals surface area (Å²) in [7, 11) is 4.04. The van der Waals surface area contributed by atoms with Crippen LogP contribution in [-0.2, 0) is 6.54 Å². The summed E-state index contributed by atoms with van der Waals surface area (Å²) in [6.45, 7) is 5.59. The van der Waals surface area contributed by atoms with Crippen LogP contribution in [0.15, 0.2) is 29.3 Å². The molecule has 1 aromatic rings. The predicted octanol–water partition coefficient (Wildman–Crippen LogP) is 2.60. The molecule has 1 saturated carbocycles. The summed E-state index contributed by atoms with van der Waals surface area (Å²) >= 11 is 0. The van der Waals surface area contributed by atoms with Gasteiger partial charge >= 0.3 is 0 Å². The Hall–Kier alpha value is -2.08. The van der Waals surface area contributed by atoms with E-state index in [-0.39, 0.29) is 5.56 Å². The van der Waals surface area contributed by atoms with Gasteiger partial charge in [-0.05, 0) is 46.0 Å². The maximum absolute atomic E-state index is 12.3. The average Bonchev–Trinajstić information content (AvgIpc) is 2.58. The van der Waals surface area contributed by atoms with Gasteiger partial charge in [0.25, 0.3) is 5.56 Å². The van der Waals surface area contributed by atoms with Crippen molar-refractivity contribution in [3.05, 3.63) is 40.4 Å². The highest BCUT2D eigenvalue weighted by Crippen LogP contribution is 2.19. The van der Waals surface area contributed by atoms with Crippen molar-refractivity contribution in [1.82, 2.24) is 14.8 Å². The summed E-state index contributed by atoms with van der Waals surface area (Å²) in [5, 5.41) is 14.3. The van der Waals surface area contributed by atoms with E-state index in [0.717, 1.165) is 25.8 Å². The molecule has 138 valence electrons. The minimum absolute atomic E-state index is 0.0580. The van der Waals surface area contributed by atoms with Crippen molar-refractivity contribution < 1.29 is 0 Å². The molecule has 0 radical (unpaired) electrons. The van der Waals surface area contributed by atoms with Crippen LogP contribution in [0.4, 0.5) is 5.82 Å². The van der Waals surface area contributed by atoms with Crippen molar-refractivity contribution in [2.45, 2.75) is 51.1 Å². The van der Waals surface area contributed by atoms with E-state index in [9.17, 15) is 4.79 Å². The van der Waals surface area contributed by atoms with Crippen LogP contribution in [0.2, 0.25) is 0 Å². The van der Waals surface area contributed by atoms with Crippen LogP contribution in [0.3, 0.4) is 0 Å². The molecule has 6 nitrogen and oxygen atoms in total. The Balaban J connectivity index is 2.12. The minimum Gasteiger partial charge on any atom is -0.369 e. The molecule has 1 aliphatic carbocycles. The first kappa shape index (κ1) is 19.2. The Bertz CT molecular complexity index is 644. The quantitative estimate of drug-likeness (QED) is 0.602. The third-order valence-corrected chi connectivity index (χ3v) is 4.61. The highest BCUT2D eigenvalue weighted by Gasteiger charge is 2.15. The fourth-order valence-electron chi connectivity index (χ4n) is 3.29. The van der Waals surface area contributed by atoms with Crippen molar-refractivity contribution in [3.63, 3.8) is 0 Å². The number of nitrogens with one attached hydrogen (secondary N) is 3. The van der Waals surface area contributed by atoms with Crippen LogP contribution < -0.4 is 16.2 Å². The molecule has 6 heteroatoms. The molecule has 1 heterocycles. The number of pyridine rings is 1. The average molecular weight is 345 g/mol. The summed E-state index contributed by atoms with van der Waals surface area (Å²) < 4.78 is 1.71. The molecule has 1 fully saturated rings. The van der Waals surface area contributed by atoms with E-state index in [1.54, 1.807) is 10.6 Å². The van der Waals surface area contributed by atoms with Crippen molar-refractivity contribution in [3.8, 4) is 0 Å². The topological polar surface area (TPSA) is 73.2 Å². The van der Waals surface area contributed by atoms with Gasteiger partial charge in [-0.2, -0.15) is 0 Å². The highest BCUT2D eigenvalue weighted by atomic mass is 16.1. The maximum atomic E-state index is 12.3. The normalized spacial score (nSPS) is 15.2. The predicted molar refractivity (Wildman–Crippen MR) is 105 cm³/mol. The first-order valence-electron chi connectivity index (χ1n) is 9.12. The third-order valence-electron chi connectivity index (χ3n) is 4.61. The van der Waals surface area contributed by atoms with Gasteiger partial charge in [-0.3, -0.25) is 9.36 Å². The Morgan fingerprint density at radius 2 is 2.08 bits per heavy atom. The first-order chi connectivity index (χ1) is 12.0. The largest absolute Gasteiger partial charge is 0.369 e. The summed E-state index contributed by atoms with van der Waals surface area (Å²) in [5.74, 6) is 1.34. The van der Waals surface area contributed by atoms with Crippen molar-refractivity contribution >= 4 is 12.0 Å². The monoisotopic (exact) mass is 345 g/mol. The van der Waals surface area contributed by atoms with Crippen LogP contribution in [0.25, 0.3) is 0 Å². The van der Waals surface area contributed by atoms with E-state index in [4.69, 9.17) is 5.41 Å². The van der Waals surface area contributed by atoms with E-state index in [1.165, 1.54) is 31.5 Å². The molecule has 2 rings (SSSR count). The van der Waals surface area contributed by atoms with Gasteiger partial charge in [0.2, 0.25) is 0 Å². The van der Waals surface area contributed by atoms with E-state index in [0.29, 0.717) is 29.8 Å². The van der Waals surface area contributed by atoms with Gasteiger partial charge in [0, 0.05) is 30.4 Å². The van der Waals surface area contributed by atoms with Gasteiger partial charge in [-0.25, -0.2) is 0 Å². The number of aromatic nitrogens is 1. The summed E-state index contributed by atoms with van der Waals surface area (Å²) in [5.41, 5.74) is 0.633. The second-order valence-electron chi connectivity index (χ2n) is 7.01. The molecule has 0 atom stereocenters. The molecule has 25 heavy (non-hydrogen) atoms. The minimum atomic E-state index is -0.0580. The standard InChI is InChI=1S/C19H31N5O/c1-15(21-17-8-5-4-6-9-17)22-19-16(14-20)10-11-18(25)24(19)13-7-12-23(2)3/h10-11,14,17,20-22H,1,4-9,12-13H2,2-3H3. The Morgan fingerprint density at radius 1 is 1.36 bits per heavy atom. The Labute approximate surface area is 150 Å². The van der Waals surface area contributed by atoms with E-state index in [1.807, 2.05) is 14.1 Å². The number of hydrogen-bond donors (Lipinski definition) is 3. The van der Waals surface area contributed by atoms with Crippen molar-refractivity contribution in [1.29, 1.82) is 5.41 Å². The SMILES string of the molecule is C=C(Nc1c(C=N)ccc(=O)n1CCCN(C)C)NC1CCCCC1. The maximum Gasteiger partial charge on any atom is 0.252 e. The lowest BCUT2D eigenvalue weighted by Gasteiger charge is -2.26.